The van der Waals surface area contributed by atoms with Crippen molar-refractivity contribution in [2.75, 3.05) is 32.5 Å². The first-order chi connectivity index (χ1) is 16.0. The van der Waals surface area contributed by atoms with Gasteiger partial charge in [-0.25, -0.2) is 0 Å². The van der Waals surface area contributed by atoms with Crippen LogP contribution in [0.1, 0.15) is 27.2 Å². The molecule has 0 bridgehead atoms. The molecule has 172 valence electrons. The smallest absolute Gasteiger partial charge is 0.295 e. The Labute approximate surface area is 202 Å². The van der Waals surface area contributed by atoms with Crippen LogP contribution in [0.25, 0.3) is 11.1 Å². The Kier molecular flexibility index (Phi) is 7.65. The van der Waals surface area contributed by atoms with Gasteiger partial charge in [0, 0.05) is 28.6 Å². The Morgan fingerprint density at radius 2 is 2.00 bits per heavy atom. The van der Waals surface area contributed by atoms with Gasteiger partial charge in [0.15, 0.2) is 5.58 Å². The molecule has 1 amide bonds. The summed E-state index contributed by atoms with van der Waals surface area (Å²) in [6.07, 6.45) is 0.911. The molecule has 0 spiro atoms. The number of amides is 1. The topological polar surface area (TPSA) is 61.6 Å². The molecular weight excluding hydrogens is 456 g/mol. The third-order valence-electron chi connectivity index (χ3n) is 5.21. The summed E-state index contributed by atoms with van der Waals surface area (Å²) in [5.74, 6) is 0.000456. The Balaban J connectivity index is 1.48. The van der Waals surface area contributed by atoms with Crippen molar-refractivity contribution >= 4 is 46.0 Å². The summed E-state index contributed by atoms with van der Waals surface area (Å²) >= 11 is 7.72. The maximum absolute atomic E-state index is 13.4. The highest BCUT2D eigenvalue weighted by atomic mass is 35.5. The van der Waals surface area contributed by atoms with Crippen molar-refractivity contribution in [2.45, 2.75) is 19.5 Å². The van der Waals surface area contributed by atoms with Crippen LogP contribution in [0.15, 0.2) is 64.4 Å². The van der Waals surface area contributed by atoms with Gasteiger partial charge in [0.1, 0.15) is 5.52 Å². The zero-order valence-corrected chi connectivity index (χ0v) is 20.3. The van der Waals surface area contributed by atoms with Gasteiger partial charge in [-0.1, -0.05) is 29.8 Å². The van der Waals surface area contributed by atoms with Gasteiger partial charge in [0.2, 0.25) is 0 Å². The molecule has 0 aliphatic rings. The lowest BCUT2D eigenvalue weighted by molar-refractivity contribution is 0.0739. The Hall–Kier alpha value is -2.87. The van der Waals surface area contributed by atoms with Gasteiger partial charge >= 0.3 is 0 Å². The number of anilines is 1. The zero-order chi connectivity index (χ0) is 23.2. The van der Waals surface area contributed by atoms with Crippen LogP contribution < -0.4 is 5.32 Å². The Morgan fingerprint density at radius 3 is 2.76 bits per heavy atom. The van der Waals surface area contributed by atoms with E-state index >= 15 is 0 Å². The fourth-order valence-electron chi connectivity index (χ4n) is 3.56. The molecule has 2 heterocycles. The van der Waals surface area contributed by atoms with Crippen LogP contribution in [-0.2, 0) is 13.1 Å². The van der Waals surface area contributed by atoms with Crippen molar-refractivity contribution in [3.05, 3.63) is 81.0 Å². The lowest BCUT2D eigenvalue weighted by atomic mass is 10.1. The number of fused-ring (bicyclic) bond motifs is 1. The molecule has 0 unspecified atom stereocenters. The van der Waals surface area contributed by atoms with E-state index in [-0.39, 0.29) is 5.91 Å². The molecular formula is C25H27ClN4O2S. The summed E-state index contributed by atoms with van der Waals surface area (Å²) in [5.41, 5.74) is 2.93. The molecule has 2 aromatic heterocycles. The minimum atomic E-state index is 0.000456. The highest BCUT2D eigenvalue weighted by molar-refractivity contribution is 7.09. The molecule has 8 heteroatoms. The summed E-state index contributed by atoms with van der Waals surface area (Å²) in [7, 11) is 4.09. The highest BCUT2D eigenvalue weighted by Gasteiger charge is 2.18. The number of halogens is 1. The molecule has 0 radical (unpaired) electrons. The molecule has 0 fully saturated rings. The number of hydrogen-bond donors (Lipinski definition) is 1. The molecule has 0 aliphatic heterocycles. The average Bonchev–Trinajstić information content (AvgIpc) is 3.45. The van der Waals surface area contributed by atoms with Gasteiger partial charge < -0.3 is 19.5 Å². The first kappa shape index (κ1) is 23.3. The number of aromatic nitrogens is 1. The highest BCUT2D eigenvalue weighted by Crippen LogP contribution is 2.23. The number of oxazole rings is 1. The van der Waals surface area contributed by atoms with E-state index in [4.69, 9.17) is 16.0 Å². The van der Waals surface area contributed by atoms with E-state index < -0.39 is 0 Å². The maximum atomic E-state index is 13.4. The Bertz CT molecular complexity index is 1210. The van der Waals surface area contributed by atoms with Crippen molar-refractivity contribution in [1.82, 2.24) is 14.8 Å². The minimum Gasteiger partial charge on any atom is -0.424 e. The van der Waals surface area contributed by atoms with E-state index in [1.54, 1.807) is 17.4 Å². The quantitative estimate of drug-likeness (QED) is 0.312. The summed E-state index contributed by atoms with van der Waals surface area (Å²) in [4.78, 5) is 23.1. The van der Waals surface area contributed by atoms with Crippen molar-refractivity contribution in [3.8, 4) is 0 Å². The van der Waals surface area contributed by atoms with Crippen LogP contribution in [0, 0.1) is 0 Å². The Morgan fingerprint density at radius 1 is 1.12 bits per heavy atom. The fourth-order valence-corrected chi connectivity index (χ4v) is 4.50. The molecule has 0 aliphatic carbocycles. The number of rotatable bonds is 10. The van der Waals surface area contributed by atoms with E-state index in [0.717, 1.165) is 18.5 Å². The number of nitrogens with zero attached hydrogens (tertiary/aromatic N) is 3. The molecule has 6 nitrogen and oxygen atoms in total. The minimum absolute atomic E-state index is 0.000456. The van der Waals surface area contributed by atoms with Gasteiger partial charge in [-0.2, -0.15) is 4.98 Å². The summed E-state index contributed by atoms with van der Waals surface area (Å²) in [6.45, 7) is 2.77. The fraction of sp³-hybridized carbons (Fsp3) is 0.280. The second-order valence-electron chi connectivity index (χ2n) is 8.15. The first-order valence-electron chi connectivity index (χ1n) is 10.8. The molecule has 4 rings (SSSR count). The molecule has 0 saturated heterocycles. The van der Waals surface area contributed by atoms with E-state index in [9.17, 15) is 4.79 Å². The second kappa shape index (κ2) is 10.8. The second-order valence-corrected chi connectivity index (χ2v) is 9.62. The normalized spacial score (nSPS) is 11.3. The number of carbonyl (C=O) groups excluding carboxylic acids is 1. The number of thiophene rings is 1. The van der Waals surface area contributed by atoms with E-state index in [0.29, 0.717) is 47.3 Å². The van der Waals surface area contributed by atoms with Crippen molar-refractivity contribution < 1.29 is 9.21 Å². The van der Waals surface area contributed by atoms with Gasteiger partial charge in [-0.05, 0) is 74.4 Å². The summed E-state index contributed by atoms with van der Waals surface area (Å²) < 4.78 is 5.81. The summed E-state index contributed by atoms with van der Waals surface area (Å²) in [6, 6.07) is 17.5. The van der Waals surface area contributed by atoms with Crippen LogP contribution in [0.4, 0.5) is 6.01 Å². The van der Waals surface area contributed by atoms with Crippen molar-refractivity contribution in [1.29, 1.82) is 0 Å². The van der Waals surface area contributed by atoms with Crippen molar-refractivity contribution in [3.63, 3.8) is 0 Å². The first-order valence-corrected chi connectivity index (χ1v) is 12.1. The molecule has 33 heavy (non-hydrogen) atoms. The third kappa shape index (κ3) is 6.35. The molecule has 0 saturated carbocycles. The number of nitrogens with one attached hydrogen (secondary N) is 1. The number of hydrogen-bond acceptors (Lipinski definition) is 6. The van der Waals surface area contributed by atoms with Crippen molar-refractivity contribution in [2.24, 2.45) is 0 Å². The van der Waals surface area contributed by atoms with Crippen LogP contribution in [0.3, 0.4) is 0 Å². The van der Waals surface area contributed by atoms with Crippen LogP contribution >= 0.6 is 22.9 Å². The monoisotopic (exact) mass is 482 g/mol. The van der Waals surface area contributed by atoms with Gasteiger partial charge in [-0.3, -0.25) is 4.79 Å². The molecule has 2 aromatic carbocycles. The number of benzene rings is 2. The SMILES string of the molecule is CN(C)CCCN(Cc1cccs1)C(=O)c1ccc2oc(NCc3cccc(Cl)c3)nc2c1. The zero-order valence-electron chi connectivity index (χ0n) is 18.8. The number of carbonyl (C=O) groups is 1. The summed E-state index contributed by atoms with van der Waals surface area (Å²) in [5, 5.41) is 5.91. The maximum Gasteiger partial charge on any atom is 0.295 e. The van der Waals surface area contributed by atoms with Gasteiger partial charge in [0.25, 0.3) is 11.9 Å². The lowest BCUT2D eigenvalue weighted by Gasteiger charge is -2.23. The lowest BCUT2D eigenvalue weighted by Crippen LogP contribution is -2.32. The average molecular weight is 483 g/mol. The predicted octanol–water partition coefficient (Wildman–Crippen LogP) is 5.75. The van der Waals surface area contributed by atoms with E-state index in [1.165, 1.54) is 4.88 Å². The van der Waals surface area contributed by atoms with Gasteiger partial charge in [0.05, 0.1) is 6.54 Å². The van der Waals surface area contributed by atoms with Gasteiger partial charge in [-0.15, -0.1) is 11.3 Å². The van der Waals surface area contributed by atoms with Crippen LogP contribution in [-0.4, -0.2) is 47.9 Å². The predicted molar refractivity (Wildman–Crippen MR) is 135 cm³/mol. The van der Waals surface area contributed by atoms with Crippen LogP contribution in [0.2, 0.25) is 5.02 Å². The molecule has 0 atom stereocenters. The third-order valence-corrected chi connectivity index (χ3v) is 6.31. The van der Waals surface area contributed by atoms with E-state index in [1.807, 2.05) is 66.8 Å². The molecule has 1 N–H and O–H groups in total. The van der Waals surface area contributed by atoms with Crippen LogP contribution in [0.5, 0.6) is 0 Å². The standard InChI is InChI=1S/C25H27ClN4O2S/c1-29(2)11-5-12-30(17-21-8-4-13-33-21)24(31)19-9-10-23-22(15-19)28-25(32-23)27-16-18-6-3-7-20(26)14-18/h3-4,6-10,13-15H,5,11-12,16-17H2,1-2H3,(H,27,28). The molecule has 4 aromatic rings. The largest absolute Gasteiger partial charge is 0.424 e. The van der Waals surface area contributed by atoms with E-state index in [2.05, 4.69) is 21.3 Å².